The quantitative estimate of drug-likeness (QED) is 0.493. The number of sulfonamides is 1. The summed E-state index contributed by atoms with van der Waals surface area (Å²) in [6, 6.07) is 9.42. The molecule has 0 radical (unpaired) electrons. The molecule has 0 atom stereocenters. The van der Waals surface area contributed by atoms with E-state index in [0.717, 1.165) is 6.07 Å². The van der Waals surface area contributed by atoms with Crippen molar-refractivity contribution in [3.05, 3.63) is 69.0 Å². The van der Waals surface area contributed by atoms with Gasteiger partial charge in [-0.25, -0.2) is 8.42 Å². The molecular formula is C21H19ClN4O6S. The molecule has 12 heteroatoms. The van der Waals surface area contributed by atoms with Gasteiger partial charge in [0, 0.05) is 35.7 Å². The molecule has 0 spiro atoms. The number of benzene rings is 2. The van der Waals surface area contributed by atoms with Gasteiger partial charge in [-0.3, -0.25) is 14.4 Å². The molecular weight excluding hydrogens is 472 g/mol. The topological polar surface area (TPSA) is 152 Å². The Labute approximate surface area is 193 Å². The monoisotopic (exact) mass is 490 g/mol. The zero-order valence-corrected chi connectivity index (χ0v) is 18.7. The highest BCUT2D eigenvalue weighted by Gasteiger charge is 2.27. The summed E-state index contributed by atoms with van der Waals surface area (Å²) in [6.45, 7) is 1.04. The Morgan fingerprint density at radius 1 is 1.06 bits per heavy atom. The van der Waals surface area contributed by atoms with Gasteiger partial charge < -0.3 is 20.8 Å². The maximum Gasteiger partial charge on any atom is 0.256 e. The number of nitrogens with one attached hydrogen (secondary N) is 2. The molecule has 1 aliphatic heterocycles. The second-order valence-corrected chi connectivity index (χ2v) is 9.63. The van der Waals surface area contributed by atoms with E-state index in [1.165, 1.54) is 40.7 Å². The first kappa shape index (κ1) is 22.9. The number of hydrogen-bond acceptors (Lipinski definition) is 6. The first-order valence-electron chi connectivity index (χ1n) is 9.82. The number of fused-ring (bicyclic) bond motifs is 1. The maximum atomic E-state index is 13.0. The van der Waals surface area contributed by atoms with E-state index in [9.17, 15) is 22.8 Å². The third-order valence-electron chi connectivity index (χ3n) is 5.16. The van der Waals surface area contributed by atoms with Gasteiger partial charge in [-0.05, 0) is 36.4 Å². The smallest absolute Gasteiger partial charge is 0.256 e. The van der Waals surface area contributed by atoms with E-state index in [1.54, 1.807) is 0 Å². The molecule has 0 aliphatic carbocycles. The molecule has 1 saturated heterocycles. The Bertz CT molecular complexity index is 1430. The number of anilines is 1. The lowest BCUT2D eigenvalue weighted by Crippen LogP contribution is -2.40. The van der Waals surface area contributed by atoms with Crippen molar-refractivity contribution >= 4 is 50.0 Å². The number of morpholine rings is 1. The van der Waals surface area contributed by atoms with Crippen molar-refractivity contribution in [2.24, 2.45) is 5.73 Å². The first-order valence-corrected chi connectivity index (χ1v) is 11.6. The van der Waals surface area contributed by atoms with Crippen LogP contribution >= 0.6 is 11.6 Å². The van der Waals surface area contributed by atoms with E-state index in [2.05, 4.69) is 10.3 Å². The number of pyridine rings is 1. The largest absolute Gasteiger partial charge is 0.379 e. The van der Waals surface area contributed by atoms with E-state index < -0.39 is 27.4 Å². The summed E-state index contributed by atoms with van der Waals surface area (Å²) in [5.74, 6) is -1.37. The average molecular weight is 491 g/mol. The summed E-state index contributed by atoms with van der Waals surface area (Å²) >= 11 is 6.03. The van der Waals surface area contributed by atoms with Crippen LogP contribution in [0.15, 0.2) is 52.2 Å². The minimum atomic E-state index is -3.82. The number of nitrogens with zero attached hydrogens (tertiary/aromatic N) is 1. The predicted octanol–water partition coefficient (Wildman–Crippen LogP) is 1.55. The van der Waals surface area contributed by atoms with Crippen molar-refractivity contribution < 1.29 is 22.7 Å². The van der Waals surface area contributed by atoms with Crippen LogP contribution in [0.5, 0.6) is 0 Å². The number of primary amides is 1. The van der Waals surface area contributed by atoms with Gasteiger partial charge in [0.1, 0.15) is 0 Å². The highest BCUT2D eigenvalue weighted by molar-refractivity contribution is 7.89. The molecule has 10 nitrogen and oxygen atoms in total. The minimum absolute atomic E-state index is 0.00754. The van der Waals surface area contributed by atoms with Crippen LogP contribution in [-0.2, 0) is 14.8 Å². The molecule has 4 rings (SSSR count). The number of aromatic nitrogens is 1. The summed E-state index contributed by atoms with van der Waals surface area (Å²) in [6.07, 6.45) is 0. The van der Waals surface area contributed by atoms with E-state index in [0.29, 0.717) is 18.7 Å². The van der Waals surface area contributed by atoms with Crippen LogP contribution < -0.4 is 16.6 Å². The summed E-state index contributed by atoms with van der Waals surface area (Å²) in [5.41, 5.74) is 5.33. The number of amides is 2. The molecule has 0 unspecified atom stereocenters. The summed E-state index contributed by atoms with van der Waals surface area (Å²) < 4.78 is 32.6. The molecule has 1 aliphatic rings. The van der Waals surface area contributed by atoms with Crippen molar-refractivity contribution in [1.82, 2.24) is 9.29 Å². The lowest BCUT2D eigenvalue weighted by molar-refractivity contribution is 0.0730. The number of ether oxygens (including phenoxy) is 1. The molecule has 33 heavy (non-hydrogen) atoms. The standard InChI is InChI=1S/C21H19ClN4O6S/c22-17-9-12(1-3-14(17)20(23)28)24-21(29)16-11-19(27)25-18-4-2-13(10-15(16)18)33(30,31)26-5-7-32-8-6-26/h1-4,9-11H,5-8H2,(H2,23,28)(H,24,29)(H,25,27). The first-order chi connectivity index (χ1) is 15.7. The van der Waals surface area contributed by atoms with Crippen molar-refractivity contribution in [3.8, 4) is 0 Å². The number of hydrogen-bond donors (Lipinski definition) is 3. The van der Waals surface area contributed by atoms with Crippen molar-refractivity contribution in [3.63, 3.8) is 0 Å². The highest BCUT2D eigenvalue weighted by Crippen LogP contribution is 2.25. The predicted molar refractivity (Wildman–Crippen MR) is 122 cm³/mol. The van der Waals surface area contributed by atoms with E-state index in [4.69, 9.17) is 22.1 Å². The number of aromatic amines is 1. The fourth-order valence-corrected chi connectivity index (χ4v) is 5.22. The lowest BCUT2D eigenvalue weighted by Gasteiger charge is -2.26. The molecule has 1 fully saturated rings. The van der Waals surface area contributed by atoms with Crippen LogP contribution in [0, 0.1) is 0 Å². The number of carbonyl (C=O) groups is 2. The molecule has 0 bridgehead atoms. The van der Waals surface area contributed by atoms with Gasteiger partial charge in [-0.1, -0.05) is 11.6 Å². The fraction of sp³-hybridized carbons (Fsp3) is 0.190. The van der Waals surface area contributed by atoms with Gasteiger partial charge in [0.15, 0.2) is 0 Å². The van der Waals surface area contributed by atoms with Crippen LogP contribution in [0.4, 0.5) is 5.69 Å². The highest BCUT2D eigenvalue weighted by atomic mass is 35.5. The summed E-state index contributed by atoms with van der Waals surface area (Å²) in [5, 5.41) is 2.90. The second kappa shape index (κ2) is 8.94. The van der Waals surface area contributed by atoms with Gasteiger partial charge in [0.2, 0.25) is 21.5 Å². The molecule has 2 aromatic carbocycles. The zero-order valence-electron chi connectivity index (χ0n) is 17.1. The van der Waals surface area contributed by atoms with Gasteiger partial charge in [-0.15, -0.1) is 0 Å². The number of nitrogens with two attached hydrogens (primary N) is 1. The minimum Gasteiger partial charge on any atom is -0.379 e. The Hall–Kier alpha value is -3.25. The number of carbonyl (C=O) groups excluding carboxylic acids is 2. The lowest BCUT2D eigenvalue weighted by atomic mass is 10.1. The fourth-order valence-electron chi connectivity index (χ4n) is 3.51. The molecule has 4 N–H and O–H groups in total. The maximum absolute atomic E-state index is 13.0. The van der Waals surface area contributed by atoms with Crippen LogP contribution in [0.25, 0.3) is 10.9 Å². The van der Waals surface area contributed by atoms with Crippen molar-refractivity contribution in [1.29, 1.82) is 0 Å². The number of halogens is 1. The van der Waals surface area contributed by atoms with E-state index in [1.807, 2.05) is 0 Å². The van der Waals surface area contributed by atoms with E-state index >= 15 is 0 Å². The third-order valence-corrected chi connectivity index (χ3v) is 7.37. The van der Waals surface area contributed by atoms with Gasteiger partial charge in [0.05, 0.1) is 34.3 Å². The second-order valence-electron chi connectivity index (χ2n) is 7.28. The number of rotatable bonds is 5. The molecule has 0 saturated carbocycles. The molecule has 172 valence electrons. The molecule has 2 heterocycles. The normalized spacial score (nSPS) is 14.8. The SMILES string of the molecule is NC(=O)c1ccc(NC(=O)c2cc(=O)[nH]c3ccc(S(=O)(=O)N4CCOCC4)cc23)cc1Cl. The summed E-state index contributed by atoms with van der Waals surface area (Å²) in [4.78, 5) is 39.0. The van der Waals surface area contributed by atoms with Gasteiger partial charge in [0.25, 0.3) is 5.91 Å². The Balaban J connectivity index is 1.73. The van der Waals surface area contributed by atoms with Crippen LogP contribution in [0.2, 0.25) is 5.02 Å². The Morgan fingerprint density at radius 3 is 2.45 bits per heavy atom. The molecule has 3 aromatic rings. The number of H-pyrrole nitrogens is 1. The average Bonchev–Trinajstić information content (AvgIpc) is 2.78. The zero-order chi connectivity index (χ0) is 23.8. The molecule has 1 aromatic heterocycles. The van der Waals surface area contributed by atoms with Crippen LogP contribution in [0.1, 0.15) is 20.7 Å². The van der Waals surface area contributed by atoms with Gasteiger partial charge in [-0.2, -0.15) is 4.31 Å². The van der Waals surface area contributed by atoms with Crippen molar-refractivity contribution in [2.75, 3.05) is 31.6 Å². The van der Waals surface area contributed by atoms with Crippen LogP contribution in [-0.4, -0.2) is 55.8 Å². The summed E-state index contributed by atoms with van der Waals surface area (Å²) in [7, 11) is -3.82. The third kappa shape index (κ3) is 4.62. The van der Waals surface area contributed by atoms with Crippen LogP contribution in [0.3, 0.4) is 0 Å². The van der Waals surface area contributed by atoms with Gasteiger partial charge >= 0.3 is 0 Å². The Morgan fingerprint density at radius 2 is 1.79 bits per heavy atom. The van der Waals surface area contributed by atoms with Crippen molar-refractivity contribution in [2.45, 2.75) is 4.90 Å². The molecule has 2 amide bonds. The Kier molecular flexibility index (Phi) is 6.21. The van der Waals surface area contributed by atoms with E-state index in [-0.39, 0.29) is 45.2 Å².